The second kappa shape index (κ2) is 4.89. The molecule has 6 nitrogen and oxygen atoms in total. The molecule has 0 amide bonds. The van der Waals surface area contributed by atoms with Gasteiger partial charge in [-0.05, 0) is 13.5 Å². The Kier molecular flexibility index (Phi) is 3.31. The molecule has 0 aromatic carbocycles. The van der Waals surface area contributed by atoms with Gasteiger partial charge in [-0.15, -0.1) is 0 Å². The van der Waals surface area contributed by atoms with Crippen molar-refractivity contribution in [1.82, 2.24) is 30.3 Å². The number of H-pyrrole nitrogens is 1. The third-order valence-corrected chi connectivity index (χ3v) is 2.44. The van der Waals surface area contributed by atoms with Gasteiger partial charge in [-0.3, -0.25) is 9.78 Å². The molecule has 0 saturated carbocycles. The number of aryl methyl sites for hydroxylation is 1. The molecule has 16 heavy (non-hydrogen) atoms. The van der Waals surface area contributed by atoms with Crippen molar-refractivity contribution in [3.63, 3.8) is 0 Å². The molecule has 2 N–H and O–H groups in total. The number of nitrogens with zero attached hydrogens (tertiary/aromatic N) is 4. The van der Waals surface area contributed by atoms with Crippen LogP contribution in [-0.4, -0.2) is 32.0 Å². The van der Waals surface area contributed by atoms with Gasteiger partial charge < -0.3 is 5.32 Å². The van der Waals surface area contributed by atoms with Crippen LogP contribution in [-0.2, 0) is 6.54 Å². The molecule has 2 aromatic heterocycles. The number of hydrogen-bond acceptors (Lipinski definition) is 4. The van der Waals surface area contributed by atoms with Crippen LogP contribution in [0.2, 0.25) is 0 Å². The number of aromatic amines is 1. The highest BCUT2D eigenvalue weighted by molar-refractivity contribution is 5.18. The monoisotopic (exact) mass is 220 g/mol. The van der Waals surface area contributed by atoms with Crippen LogP contribution < -0.4 is 5.32 Å². The van der Waals surface area contributed by atoms with E-state index < -0.39 is 0 Å². The summed E-state index contributed by atoms with van der Waals surface area (Å²) in [5.74, 6) is 0.804. The molecule has 2 aromatic rings. The smallest absolute Gasteiger partial charge is 0.146 e. The first-order valence-electron chi connectivity index (χ1n) is 5.40. The number of aromatic nitrogens is 5. The van der Waals surface area contributed by atoms with Crippen LogP contribution in [0.4, 0.5) is 0 Å². The van der Waals surface area contributed by atoms with E-state index in [2.05, 4.69) is 32.5 Å². The molecule has 0 saturated heterocycles. The van der Waals surface area contributed by atoms with Crippen molar-refractivity contribution < 1.29 is 0 Å². The van der Waals surface area contributed by atoms with Crippen LogP contribution in [0.15, 0.2) is 18.7 Å². The van der Waals surface area contributed by atoms with Crippen molar-refractivity contribution in [1.29, 1.82) is 0 Å². The summed E-state index contributed by atoms with van der Waals surface area (Å²) in [7, 11) is 1.89. The van der Waals surface area contributed by atoms with Crippen molar-refractivity contribution >= 4 is 0 Å². The lowest BCUT2D eigenvalue weighted by molar-refractivity contribution is 0.599. The molecule has 0 aliphatic rings. The van der Waals surface area contributed by atoms with Crippen molar-refractivity contribution in [2.24, 2.45) is 0 Å². The summed E-state index contributed by atoms with van der Waals surface area (Å²) in [6.07, 6.45) is 6.48. The van der Waals surface area contributed by atoms with Gasteiger partial charge in [-0.1, -0.05) is 6.92 Å². The van der Waals surface area contributed by atoms with E-state index in [4.69, 9.17) is 0 Å². The lowest BCUT2D eigenvalue weighted by Gasteiger charge is -2.10. The van der Waals surface area contributed by atoms with Gasteiger partial charge in [-0.2, -0.15) is 10.2 Å². The van der Waals surface area contributed by atoms with E-state index in [1.165, 1.54) is 6.33 Å². The van der Waals surface area contributed by atoms with E-state index in [1.807, 2.05) is 24.1 Å². The maximum atomic E-state index is 4.30. The van der Waals surface area contributed by atoms with Crippen LogP contribution in [0.3, 0.4) is 0 Å². The molecule has 2 rings (SSSR count). The minimum absolute atomic E-state index is 0.0214. The van der Waals surface area contributed by atoms with Gasteiger partial charge in [0.1, 0.15) is 12.2 Å². The first-order chi connectivity index (χ1) is 7.85. The van der Waals surface area contributed by atoms with Crippen LogP contribution in [0, 0.1) is 0 Å². The standard InChI is InChI=1S/C10H16N6/c1-3-4-16-6-8(5-14-16)9(11-2)10-12-7-13-15-10/h5-7,9,11H,3-4H2,1-2H3,(H,12,13,15). The van der Waals surface area contributed by atoms with Crippen LogP contribution in [0.1, 0.15) is 30.8 Å². The number of rotatable bonds is 5. The molecule has 0 fully saturated rings. The fourth-order valence-electron chi connectivity index (χ4n) is 1.70. The summed E-state index contributed by atoms with van der Waals surface area (Å²) in [4.78, 5) is 4.15. The topological polar surface area (TPSA) is 71.4 Å². The van der Waals surface area contributed by atoms with E-state index in [1.54, 1.807) is 0 Å². The molecule has 6 heteroatoms. The Morgan fingerprint density at radius 1 is 1.56 bits per heavy atom. The maximum Gasteiger partial charge on any atom is 0.146 e. The molecule has 2 heterocycles. The molecule has 0 radical (unpaired) electrons. The minimum Gasteiger partial charge on any atom is -0.307 e. The molecular weight excluding hydrogens is 204 g/mol. The van der Waals surface area contributed by atoms with Gasteiger partial charge >= 0.3 is 0 Å². The SMILES string of the molecule is CCCn1cc(C(NC)c2ncn[nH]2)cn1. The summed E-state index contributed by atoms with van der Waals surface area (Å²) in [5.41, 5.74) is 1.09. The van der Waals surface area contributed by atoms with Crippen LogP contribution >= 0.6 is 0 Å². The Balaban J connectivity index is 2.20. The first-order valence-corrected chi connectivity index (χ1v) is 5.40. The van der Waals surface area contributed by atoms with Crippen LogP contribution in [0.5, 0.6) is 0 Å². The highest BCUT2D eigenvalue weighted by atomic mass is 15.3. The maximum absolute atomic E-state index is 4.30. The highest BCUT2D eigenvalue weighted by Crippen LogP contribution is 2.16. The van der Waals surface area contributed by atoms with Gasteiger partial charge in [0, 0.05) is 18.3 Å². The van der Waals surface area contributed by atoms with Crippen molar-refractivity contribution in [2.45, 2.75) is 25.9 Å². The molecule has 0 aliphatic heterocycles. The Morgan fingerprint density at radius 2 is 2.44 bits per heavy atom. The third-order valence-electron chi connectivity index (χ3n) is 2.44. The quantitative estimate of drug-likeness (QED) is 0.779. The van der Waals surface area contributed by atoms with Gasteiger partial charge in [0.2, 0.25) is 0 Å². The fourth-order valence-corrected chi connectivity index (χ4v) is 1.70. The normalized spacial score (nSPS) is 12.9. The van der Waals surface area contributed by atoms with E-state index in [0.29, 0.717) is 0 Å². The Bertz CT molecular complexity index is 418. The van der Waals surface area contributed by atoms with Crippen LogP contribution in [0.25, 0.3) is 0 Å². The predicted octanol–water partition coefficient (Wildman–Crippen LogP) is 0.720. The summed E-state index contributed by atoms with van der Waals surface area (Å²) in [5, 5.41) is 14.2. The number of nitrogens with one attached hydrogen (secondary N) is 2. The summed E-state index contributed by atoms with van der Waals surface area (Å²) >= 11 is 0. The van der Waals surface area contributed by atoms with E-state index in [0.717, 1.165) is 24.4 Å². The second-order valence-electron chi connectivity index (χ2n) is 3.63. The largest absolute Gasteiger partial charge is 0.307 e. The van der Waals surface area contributed by atoms with Crippen molar-refractivity contribution in [2.75, 3.05) is 7.05 Å². The Labute approximate surface area is 94.1 Å². The summed E-state index contributed by atoms with van der Waals surface area (Å²) < 4.78 is 1.94. The third kappa shape index (κ3) is 2.11. The minimum atomic E-state index is 0.0214. The predicted molar refractivity (Wildman–Crippen MR) is 59.8 cm³/mol. The molecule has 1 unspecified atom stereocenters. The van der Waals surface area contributed by atoms with Crippen molar-refractivity contribution in [3.8, 4) is 0 Å². The molecule has 1 atom stereocenters. The Morgan fingerprint density at radius 3 is 3.06 bits per heavy atom. The van der Waals surface area contributed by atoms with E-state index >= 15 is 0 Å². The van der Waals surface area contributed by atoms with Gasteiger partial charge in [0.15, 0.2) is 0 Å². The molecular formula is C10H16N6. The highest BCUT2D eigenvalue weighted by Gasteiger charge is 2.16. The average Bonchev–Trinajstić information content (AvgIpc) is 2.92. The van der Waals surface area contributed by atoms with E-state index in [-0.39, 0.29) is 6.04 Å². The zero-order valence-electron chi connectivity index (χ0n) is 9.51. The second-order valence-corrected chi connectivity index (χ2v) is 3.63. The summed E-state index contributed by atoms with van der Waals surface area (Å²) in [6.45, 7) is 3.07. The summed E-state index contributed by atoms with van der Waals surface area (Å²) in [6, 6.07) is 0.0214. The molecule has 86 valence electrons. The first kappa shape index (κ1) is 10.8. The number of hydrogen-bond donors (Lipinski definition) is 2. The fraction of sp³-hybridized carbons (Fsp3) is 0.500. The molecule has 0 bridgehead atoms. The van der Waals surface area contributed by atoms with Crippen molar-refractivity contribution in [3.05, 3.63) is 30.1 Å². The Hall–Kier alpha value is -1.69. The molecule has 0 aliphatic carbocycles. The lowest BCUT2D eigenvalue weighted by Crippen LogP contribution is -2.18. The molecule has 0 spiro atoms. The van der Waals surface area contributed by atoms with Gasteiger partial charge in [0.05, 0.1) is 12.2 Å². The average molecular weight is 220 g/mol. The zero-order valence-corrected chi connectivity index (χ0v) is 9.51. The van der Waals surface area contributed by atoms with Gasteiger partial charge in [0.25, 0.3) is 0 Å². The lowest BCUT2D eigenvalue weighted by atomic mass is 10.1. The van der Waals surface area contributed by atoms with E-state index in [9.17, 15) is 0 Å². The zero-order chi connectivity index (χ0) is 11.4. The van der Waals surface area contributed by atoms with Gasteiger partial charge in [-0.25, -0.2) is 4.98 Å².